The molecule has 34 heavy (non-hydrogen) atoms. The molecule has 8 heteroatoms. The maximum atomic E-state index is 13.5. The van der Waals surface area contributed by atoms with Gasteiger partial charge in [-0.3, -0.25) is 14.2 Å². The molecule has 0 saturated heterocycles. The Balaban J connectivity index is 1.98. The molecule has 0 saturated carbocycles. The highest BCUT2D eigenvalue weighted by molar-refractivity contribution is 7.07. The number of hydrogen-bond donors (Lipinski definition) is 1. The van der Waals surface area contributed by atoms with Crippen LogP contribution in [-0.4, -0.2) is 17.6 Å². The lowest BCUT2D eigenvalue weighted by atomic mass is 10.2. The van der Waals surface area contributed by atoms with Gasteiger partial charge in [-0.05, 0) is 36.4 Å². The molecule has 1 amide bonds. The number of carbonyl (C=O) groups is 1. The Morgan fingerprint density at radius 3 is 2.44 bits per heavy atom. The molecule has 0 atom stereocenters. The van der Waals surface area contributed by atoms with Crippen molar-refractivity contribution in [2.75, 3.05) is 12.4 Å². The van der Waals surface area contributed by atoms with E-state index in [1.165, 1.54) is 4.57 Å². The maximum Gasteiger partial charge on any atom is 0.273 e. The van der Waals surface area contributed by atoms with Crippen LogP contribution in [0.25, 0.3) is 17.3 Å². The molecule has 4 aromatic rings. The summed E-state index contributed by atoms with van der Waals surface area (Å²) in [5.41, 5.74) is 1.06. The number of para-hydroxylation sites is 3. The van der Waals surface area contributed by atoms with E-state index in [1.54, 1.807) is 67.8 Å². The van der Waals surface area contributed by atoms with Crippen molar-refractivity contribution >= 4 is 46.2 Å². The van der Waals surface area contributed by atoms with Gasteiger partial charge in [0.15, 0.2) is 5.57 Å². The van der Waals surface area contributed by atoms with Crippen LogP contribution in [0.15, 0.2) is 83.7 Å². The standard InChI is InChI=1S/C26H18ClN3O3S/c1-33-22-14-8-5-9-17(22)15-23-25(32)30(18-10-3-2-4-11-18)26(34-23)19(16-28)24(31)29-21-13-7-6-12-20(21)27/h2-15H,1H3,(H,29,31). The number of carbonyl (C=O) groups excluding carboxylic acids is 1. The van der Waals surface area contributed by atoms with Gasteiger partial charge in [0.05, 0.1) is 28.0 Å². The average molecular weight is 488 g/mol. The fourth-order valence-corrected chi connectivity index (χ4v) is 4.61. The van der Waals surface area contributed by atoms with E-state index in [1.807, 2.05) is 30.3 Å². The molecule has 0 bridgehead atoms. The third-order valence-electron chi connectivity index (χ3n) is 4.94. The molecule has 0 fully saturated rings. The highest BCUT2D eigenvalue weighted by Gasteiger charge is 2.18. The van der Waals surface area contributed by atoms with E-state index in [-0.39, 0.29) is 15.8 Å². The van der Waals surface area contributed by atoms with Crippen molar-refractivity contribution in [1.82, 2.24) is 4.57 Å². The first-order valence-corrected chi connectivity index (χ1v) is 11.3. The third-order valence-corrected chi connectivity index (χ3v) is 6.36. The van der Waals surface area contributed by atoms with Crippen molar-refractivity contribution in [3.05, 3.63) is 109 Å². The Bertz CT molecular complexity index is 1580. The van der Waals surface area contributed by atoms with E-state index >= 15 is 0 Å². The number of benzene rings is 3. The molecule has 0 radical (unpaired) electrons. The monoisotopic (exact) mass is 487 g/mol. The van der Waals surface area contributed by atoms with Crippen LogP contribution in [0.5, 0.6) is 5.75 Å². The molecule has 1 heterocycles. The topological polar surface area (TPSA) is 84.1 Å². The summed E-state index contributed by atoms with van der Waals surface area (Å²) in [6, 6.07) is 24.8. The number of nitrogens with one attached hydrogen (secondary N) is 1. The quantitative estimate of drug-likeness (QED) is 0.465. The van der Waals surface area contributed by atoms with E-state index in [2.05, 4.69) is 5.32 Å². The predicted molar refractivity (Wildman–Crippen MR) is 135 cm³/mol. The Hall–Kier alpha value is -4.12. The lowest BCUT2D eigenvalue weighted by molar-refractivity contribution is -0.111. The van der Waals surface area contributed by atoms with Crippen LogP contribution < -0.4 is 24.8 Å². The molecular weight excluding hydrogens is 470 g/mol. The van der Waals surface area contributed by atoms with Crippen LogP contribution in [0, 0.1) is 11.3 Å². The summed E-state index contributed by atoms with van der Waals surface area (Å²) in [6.07, 6.45) is 1.69. The third kappa shape index (κ3) is 4.64. The number of nitriles is 1. The van der Waals surface area contributed by atoms with Gasteiger partial charge in [0.2, 0.25) is 0 Å². The molecular formula is C26H18ClN3O3S. The highest BCUT2D eigenvalue weighted by Crippen LogP contribution is 2.21. The van der Waals surface area contributed by atoms with E-state index in [9.17, 15) is 14.9 Å². The minimum absolute atomic E-state index is 0.203. The van der Waals surface area contributed by atoms with Crippen LogP contribution in [0.2, 0.25) is 5.02 Å². The molecule has 6 nitrogen and oxygen atoms in total. The van der Waals surface area contributed by atoms with Gasteiger partial charge in [0, 0.05) is 5.56 Å². The number of ether oxygens (including phenoxy) is 1. The summed E-state index contributed by atoms with van der Waals surface area (Å²) in [4.78, 5) is 26.6. The number of hydrogen-bond acceptors (Lipinski definition) is 5. The summed E-state index contributed by atoms with van der Waals surface area (Å²) >= 11 is 7.22. The van der Waals surface area contributed by atoms with E-state index in [0.29, 0.717) is 32.2 Å². The molecule has 1 N–H and O–H groups in total. The number of methoxy groups -OCH3 is 1. The number of rotatable bonds is 5. The van der Waals surface area contributed by atoms with Crippen molar-refractivity contribution in [3.8, 4) is 17.5 Å². The minimum Gasteiger partial charge on any atom is -0.496 e. The van der Waals surface area contributed by atoms with Gasteiger partial charge >= 0.3 is 0 Å². The predicted octanol–water partition coefficient (Wildman–Crippen LogP) is 3.70. The average Bonchev–Trinajstić information content (AvgIpc) is 3.17. The molecule has 0 aliphatic carbocycles. The van der Waals surface area contributed by atoms with Gasteiger partial charge in [-0.25, -0.2) is 0 Å². The zero-order valence-electron chi connectivity index (χ0n) is 18.0. The first-order chi connectivity index (χ1) is 16.5. The van der Waals surface area contributed by atoms with Crippen LogP contribution in [0.3, 0.4) is 0 Å². The highest BCUT2D eigenvalue weighted by atomic mass is 35.5. The first kappa shape index (κ1) is 23.1. The second kappa shape index (κ2) is 10.2. The lowest BCUT2D eigenvalue weighted by Crippen LogP contribution is -2.32. The van der Waals surface area contributed by atoms with Crippen molar-refractivity contribution < 1.29 is 9.53 Å². The van der Waals surface area contributed by atoms with Gasteiger partial charge in [-0.15, -0.1) is 11.3 Å². The Morgan fingerprint density at radius 2 is 1.74 bits per heavy atom. The molecule has 1 aromatic heterocycles. The number of halogens is 1. The van der Waals surface area contributed by atoms with Gasteiger partial charge in [0.1, 0.15) is 16.5 Å². The summed E-state index contributed by atoms with van der Waals surface area (Å²) in [6.45, 7) is 0. The molecule has 168 valence electrons. The fraction of sp³-hybridized carbons (Fsp3) is 0.0385. The van der Waals surface area contributed by atoms with E-state index in [4.69, 9.17) is 16.3 Å². The number of anilines is 1. The van der Waals surface area contributed by atoms with Crippen molar-refractivity contribution in [2.24, 2.45) is 0 Å². The molecule has 0 aliphatic heterocycles. The SMILES string of the molecule is COc1ccccc1C=c1sc(=C(C#N)C(=O)Nc2ccccc2Cl)n(-c2ccccc2)c1=O. The zero-order chi connectivity index (χ0) is 24.1. The summed E-state index contributed by atoms with van der Waals surface area (Å²) in [5.74, 6) is -0.0607. The van der Waals surface area contributed by atoms with E-state index in [0.717, 1.165) is 11.3 Å². The van der Waals surface area contributed by atoms with E-state index < -0.39 is 5.91 Å². The molecule has 4 rings (SSSR count). The minimum atomic E-state index is -0.662. The van der Waals surface area contributed by atoms with Crippen LogP contribution in [0.1, 0.15) is 5.56 Å². The Kier molecular flexibility index (Phi) is 6.93. The number of aromatic nitrogens is 1. The van der Waals surface area contributed by atoms with Gasteiger partial charge in [0.25, 0.3) is 11.5 Å². The van der Waals surface area contributed by atoms with Crippen LogP contribution >= 0.6 is 22.9 Å². The number of nitrogens with zero attached hydrogens (tertiary/aromatic N) is 2. The van der Waals surface area contributed by atoms with Crippen molar-refractivity contribution in [1.29, 1.82) is 5.26 Å². The van der Waals surface area contributed by atoms with Gasteiger partial charge in [-0.1, -0.05) is 60.1 Å². The summed E-state index contributed by atoms with van der Waals surface area (Å²) < 4.78 is 7.33. The van der Waals surface area contributed by atoms with Crippen molar-refractivity contribution in [2.45, 2.75) is 0 Å². The summed E-state index contributed by atoms with van der Waals surface area (Å²) in [5, 5.41) is 12.9. The zero-order valence-corrected chi connectivity index (χ0v) is 19.6. The number of amides is 1. The first-order valence-electron chi connectivity index (χ1n) is 10.2. The fourth-order valence-electron chi connectivity index (χ4n) is 3.33. The van der Waals surface area contributed by atoms with Gasteiger partial charge < -0.3 is 10.1 Å². The second-order valence-corrected chi connectivity index (χ2v) is 8.49. The number of thiazole rings is 1. The normalized spacial score (nSPS) is 12.1. The van der Waals surface area contributed by atoms with Crippen molar-refractivity contribution in [3.63, 3.8) is 0 Å². The molecule has 0 unspecified atom stereocenters. The second-order valence-electron chi connectivity index (χ2n) is 7.05. The molecule has 3 aromatic carbocycles. The smallest absolute Gasteiger partial charge is 0.273 e. The molecule has 0 spiro atoms. The van der Waals surface area contributed by atoms with Crippen LogP contribution in [0.4, 0.5) is 5.69 Å². The Labute approximate surface area is 204 Å². The van der Waals surface area contributed by atoms with Gasteiger partial charge in [-0.2, -0.15) is 5.26 Å². The lowest BCUT2D eigenvalue weighted by Gasteiger charge is -2.07. The summed E-state index contributed by atoms with van der Waals surface area (Å²) in [7, 11) is 1.55. The largest absolute Gasteiger partial charge is 0.496 e. The Morgan fingerprint density at radius 1 is 1.06 bits per heavy atom. The maximum absolute atomic E-state index is 13.5. The van der Waals surface area contributed by atoms with Crippen LogP contribution in [-0.2, 0) is 4.79 Å². The molecule has 0 aliphatic rings.